The highest BCUT2D eigenvalue weighted by Gasteiger charge is 2.86. The van der Waals surface area contributed by atoms with Gasteiger partial charge in [-0.1, -0.05) is 47.0 Å². The standard InChI is InChI=1S/C21H34/c1-16(2)18(8-5-9-18)17(3,4)20(12-7-13-20)21(14-15-21)19(16)10-6-11-19/h5-15H2,1-4H3. The molecular formula is C21H34. The molecule has 0 atom stereocenters. The summed E-state index contributed by atoms with van der Waals surface area (Å²) in [5.74, 6) is 0. The summed E-state index contributed by atoms with van der Waals surface area (Å²) in [6.07, 6.45) is 17.1. The molecule has 0 aromatic heterocycles. The molecule has 0 radical (unpaired) electrons. The minimum absolute atomic E-state index is 0.581. The third kappa shape index (κ3) is 0.941. The summed E-state index contributed by atoms with van der Waals surface area (Å²) < 4.78 is 0. The lowest BCUT2D eigenvalue weighted by atomic mass is 9.20. The van der Waals surface area contributed by atoms with Gasteiger partial charge in [-0.3, -0.25) is 0 Å². The Morgan fingerprint density at radius 3 is 0.905 bits per heavy atom. The van der Waals surface area contributed by atoms with E-state index in [-0.39, 0.29) is 0 Å². The smallest absolute Gasteiger partial charge is 0.0173 e. The lowest BCUT2D eigenvalue weighted by Crippen LogP contribution is -2.77. The van der Waals surface area contributed by atoms with Gasteiger partial charge in [0.05, 0.1) is 0 Å². The molecule has 0 saturated heterocycles. The molecule has 0 heteroatoms. The van der Waals surface area contributed by atoms with Gasteiger partial charge in [0.2, 0.25) is 0 Å². The number of fused-ring (bicyclic) bond motifs is 2. The van der Waals surface area contributed by atoms with E-state index in [9.17, 15) is 0 Å². The van der Waals surface area contributed by atoms with Crippen LogP contribution in [0, 0.1) is 32.5 Å². The Hall–Kier alpha value is 0. The van der Waals surface area contributed by atoms with Crippen molar-refractivity contribution in [3.05, 3.63) is 0 Å². The van der Waals surface area contributed by atoms with Crippen LogP contribution in [0.3, 0.4) is 0 Å². The maximum Gasteiger partial charge on any atom is -0.0173 e. The maximum atomic E-state index is 2.72. The van der Waals surface area contributed by atoms with Crippen molar-refractivity contribution in [2.24, 2.45) is 32.5 Å². The molecule has 0 N–H and O–H groups in total. The molecule has 5 fully saturated rings. The van der Waals surface area contributed by atoms with E-state index in [1.807, 2.05) is 0 Å². The highest BCUT2D eigenvalue weighted by atomic mass is 14.9. The van der Waals surface area contributed by atoms with Crippen molar-refractivity contribution >= 4 is 0 Å². The zero-order valence-corrected chi connectivity index (χ0v) is 14.8. The number of rotatable bonds is 0. The van der Waals surface area contributed by atoms with Crippen molar-refractivity contribution in [1.82, 2.24) is 0 Å². The molecule has 0 nitrogen and oxygen atoms in total. The molecule has 0 aliphatic heterocycles. The Balaban J connectivity index is 1.77. The molecule has 0 heterocycles. The van der Waals surface area contributed by atoms with Crippen molar-refractivity contribution in [3.8, 4) is 0 Å². The summed E-state index contributed by atoms with van der Waals surface area (Å²) in [6, 6.07) is 0. The zero-order valence-electron chi connectivity index (χ0n) is 14.8. The first-order chi connectivity index (χ1) is 9.83. The van der Waals surface area contributed by atoms with Crippen LogP contribution in [-0.2, 0) is 0 Å². The summed E-state index contributed by atoms with van der Waals surface area (Å²) >= 11 is 0. The minimum Gasteiger partial charge on any atom is -0.0588 e. The molecule has 118 valence electrons. The highest BCUT2D eigenvalue weighted by Crippen LogP contribution is 2.94. The Morgan fingerprint density at radius 1 is 0.381 bits per heavy atom. The molecule has 5 saturated carbocycles. The monoisotopic (exact) mass is 286 g/mol. The van der Waals surface area contributed by atoms with Gasteiger partial charge < -0.3 is 0 Å². The fourth-order valence-corrected chi connectivity index (χ4v) is 9.48. The molecule has 5 aliphatic carbocycles. The fraction of sp³-hybridized carbons (Fsp3) is 1.00. The van der Waals surface area contributed by atoms with Crippen molar-refractivity contribution in [2.45, 2.75) is 98.3 Å². The van der Waals surface area contributed by atoms with Crippen LogP contribution in [0.4, 0.5) is 0 Å². The van der Waals surface area contributed by atoms with E-state index in [0.717, 1.165) is 16.2 Å². The van der Waals surface area contributed by atoms with E-state index in [1.165, 1.54) is 32.1 Å². The second-order valence-corrected chi connectivity index (χ2v) is 10.6. The van der Waals surface area contributed by atoms with Gasteiger partial charge in [-0.15, -0.1) is 0 Å². The molecule has 5 rings (SSSR count). The van der Waals surface area contributed by atoms with Crippen LogP contribution in [0.2, 0.25) is 0 Å². The molecule has 0 aromatic rings. The molecule has 0 amide bonds. The quantitative estimate of drug-likeness (QED) is 0.487. The topological polar surface area (TPSA) is 0 Å². The van der Waals surface area contributed by atoms with E-state index in [4.69, 9.17) is 0 Å². The maximum absolute atomic E-state index is 2.72. The fourth-order valence-electron chi connectivity index (χ4n) is 9.48. The van der Waals surface area contributed by atoms with Crippen LogP contribution in [0.5, 0.6) is 0 Å². The van der Waals surface area contributed by atoms with Gasteiger partial charge in [-0.25, -0.2) is 0 Å². The van der Waals surface area contributed by atoms with Gasteiger partial charge >= 0.3 is 0 Å². The molecule has 5 aliphatic rings. The molecule has 4 spiro atoms. The first-order valence-electron chi connectivity index (χ1n) is 9.83. The van der Waals surface area contributed by atoms with Crippen LogP contribution in [-0.4, -0.2) is 0 Å². The van der Waals surface area contributed by atoms with Crippen LogP contribution in [0.15, 0.2) is 0 Å². The number of hydrogen-bond acceptors (Lipinski definition) is 0. The molecule has 0 unspecified atom stereocenters. The Labute approximate surface area is 131 Å². The average molecular weight is 287 g/mol. The second-order valence-electron chi connectivity index (χ2n) is 10.6. The predicted octanol–water partition coefficient (Wildman–Crippen LogP) is 6.34. The number of hydrogen-bond donors (Lipinski definition) is 0. The van der Waals surface area contributed by atoms with E-state index in [1.54, 1.807) is 38.5 Å². The highest BCUT2D eigenvalue weighted by molar-refractivity contribution is 5.35. The first kappa shape index (κ1) is 13.4. The third-order valence-electron chi connectivity index (χ3n) is 11.0. The summed E-state index contributed by atoms with van der Waals surface area (Å²) in [5, 5.41) is 0. The lowest BCUT2D eigenvalue weighted by molar-refractivity contribution is -0.355. The Bertz CT molecular complexity index is 409. The summed E-state index contributed by atoms with van der Waals surface area (Å²) in [6.45, 7) is 10.9. The second kappa shape index (κ2) is 3.27. The average Bonchev–Trinajstić information content (AvgIpc) is 2.88. The van der Waals surface area contributed by atoms with Gasteiger partial charge in [0.25, 0.3) is 0 Å². The molecule has 0 bridgehead atoms. The zero-order chi connectivity index (χ0) is 14.8. The van der Waals surface area contributed by atoms with Crippen LogP contribution < -0.4 is 0 Å². The van der Waals surface area contributed by atoms with E-state index >= 15 is 0 Å². The SMILES string of the molecule is CC1(C)C2(CCC2)C(C)(C)C2(CCC2)C2(CC2)C12CCC2. The Morgan fingerprint density at radius 2 is 0.714 bits per heavy atom. The lowest BCUT2D eigenvalue weighted by Gasteiger charge is -2.84. The minimum atomic E-state index is 0.581. The molecular weight excluding hydrogens is 252 g/mol. The van der Waals surface area contributed by atoms with Crippen molar-refractivity contribution in [3.63, 3.8) is 0 Å². The van der Waals surface area contributed by atoms with E-state index in [2.05, 4.69) is 27.7 Å². The van der Waals surface area contributed by atoms with Crippen molar-refractivity contribution in [2.75, 3.05) is 0 Å². The molecule has 21 heavy (non-hydrogen) atoms. The van der Waals surface area contributed by atoms with Gasteiger partial charge in [0.1, 0.15) is 0 Å². The van der Waals surface area contributed by atoms with Crippen molar-refractivity contribution < 1.29 is 0 Å². The normalized spacial score (nSPS) is 40.6. The van der Waals surface area contributed by atoms with Crippen LogP contribution >= 0.6 is 0 Å². The predicted molar refractivity (Wildman–Crippen MR) is 88.1 cm³/mol. The first-order valence-corrected chi connectivity index (χ1v) is 9.83. The largest absolute Gasteiger partial charge is 0.0588 e. The summed E-state index contributed by atoms with van der Waals surface area (Å²) in [5.41, 5.74) is 4.06. The van der Waals surface area contributed by atoms with Crippen LogP contribution in [0.1, 0.15) is 98.3 Å². The van der Waals surface area contributed by atoms with Gasteiger partial charge in [-0.2, -0.15) is 0 Å². The molecule has 0 aromatic carbocycles. The van der Waals surface area contributed by atoms with Gasteiger partial charge in [-0.05, 0) is 83.9 Å². The summed E-state index contributed by atoms with van der Waals surface area (Å²) in [7, 11) is 0. The van der Waals surface area contributed by atoms with E-state index in [0.29, 0.717) is 16.2 Å². The van der Waals surface area contributed by atoms with Gasteiger partial charge in [0.15, 0.2) is 0 Å². The summed E-state index contributed by atoms with van der Waals surface area (Å²) in [4.78, 5) is 0. The third-order valence-corrected chi connectivity index (χ3v) is 11.0. The van der Waals surface area contributed by atoms with E-state index < -0.39 is 0 Å². The van der Waals surface area contributed by atoms with Crippen LogP contribution in [0.25, 0.3) is 0 Å². The van der Waals surface area contributed by atoms with Crippen molar-refractivity contribution in [1.29, 1.82) is 0 Å². The Kier molecular flexibility index (Phi) is 2.09. The van der Waals surface area contributed by atoms with Gasteiger partial charge in [0, 0.05) is 0 Å².